The SMILES string of the molecule is C/C=C1/C(=S)c2c(C)ccc(C)c2C1=C(C#N)C#N. The van der Waals surface area contributed by atoms with Crippen molar-refractivity contribution < 1.29 is 0 Å². The zero-order chi connectivity index (χ0) is 14.2. The first-order chi connectivity index (χ1) is 9.06. The van der Waals surface area contributed by atoms with Gasteiger partial charge >= 0.3 is 0 Å². The second kappa shape index (κ2) is 4.80. The van der Waals surface area contributed by atoms with E-state index in [2.05, 4.69) is 0 Å². The molecule has 0 amide bonds. The van der Waals surface area contributed by atoms with Gasteiger partial charge in [-0.2, -0.15) is 10.5 Å². The number of aryl methyl sites for hydroxylation is 2. The summed E-state index contributed by atoms with van der Waals surface area (Å²) in [6.45, 7) is 5.86. The Kier molecular flexibility index (Phi) is 3.34. The lowest BCUT2D eigenvalue weighted by atomic mass is 9.95. The predicted molar refractivity (Wildman–Crippen MR) is 79.5 cm³/mol. The van der Waals surface area contributed by atoms with Crippen LogP contribution in [0.3, 0.4) is 0 Å². The normalized spacial score (nSPS) is 15.1. The fourth-order valence-electron chi connectivity index (χ4n) is 2.48. The average molecular weight is 264 g/mol. The lowest BCUT2D eigenvalue weighted by molar-refractivity contribution is 1.36. The highest BCUT2D eigenvalue weighted by Gasteiger charge is 2.31. The fourth-order valence-corrected chi connectivity index (χ4v) is 2.96. The van der Waals surface area contributed by atoms with Crippen molar-refractivity contribution in [2.75, 3.05) is 0 Å². The summed E-state index contributed by atoms with van der Waals surface area (Å²) in [5.74, 6) is 0. The summed E-state index contributed by atoms with van der Waals surface area (Å²) in [4.78, 5) is 0.733. The van der Waals surface area contributed by atoms with Crippen LogP contribution in [0.1, 0.15) is 29.2 Å². The molecule has 0 saturated carbocycles. The molecule has 1 aromatic rings. The summed E-state index contributed by atoms with van der Waals surface area (Å²) in [5.41, 5.74) is 5.68. The van der Waals surface area contributed by atoms with Gasteiger partial charge in [0.25, 0.3) is 0 Å². The Balaban J connectivity index is 3.00. The molecule has 0 heterocycles. The summed E-state index contributed by atoms with van der Waals surface area (Å²) < 4.78 is 0. The fraction of sp³-hybridized carbons (Fsp3) is 0.188. The molecule has 0 aromatic heterocycles. The summed E-state index contributed by atoms with van der Waals surface area (Å²) in [6, 6.07) is 7.99. The average Bonchev–Trinajstić information content (AvgIpc) is 2.70. The topological polar surface area (TPSA) is 47.6 Å². The van der Waals surface area contributed by atoms with Gasteiger partial charge in [-0.15, -0.1) is 0 Å². The summed E-state index contributed by atoms with van der Waals surface area (Å²) >= 11 is 5.51. The van der Waals surface area contributed by atoms with E-state index in [1.54, 1.807) is 0 Å². The quantitative estimate of drug-likeness (QED) is 0.407. The molecular weight excluding hydrogens is 252 g/mol. The second-order valence-corrected chi connectivity index (χ2v) is 4.86. The number of nitriles is 2. The lowest BCUT2D eigenvalue weighted by Crippen LogP contribution is -1.96. The largest absolute Gasteiger partial charge is 0.192 e. The summed E-state index contributed by atoms with van der Waals surface area (Å²) in [6.07, 6.45) is 1.88. The van der Waals surface area contributed by atoms with Gasteiger partial charge in [0.15, 0.2) is 0 Å². The van der Waals surface area contributed by atoms with Gasteiger partial charge in [-0.1, -0.05) is 30.4 Å². The van der Waals surface area contributed by atoms with Crippen molar-refractivity contribution in [2.45, 2.75) is 20.8 Å². The third-order valence-electron chi connectivity index (χ3n) is 3.38. The van der Waals surface area contributed by atoms with Gasteiger partial charge in [0.05, 0.1) is 4.86 Å². The highest BCUT2D eigenvalue weighted by molar-refractivity contribution is 7.81. The molecule has 0 aliphatic heterocycles. The van der Waals surface area contributed by atoms with E-state index in [1.807, 2.05) is 51.1 Å². The molecular formula is C16H12N2S. The van der Waals surface area contributed by atoms with Crippen molar-refractivity contribution in [1.29, 1.82) is 10.5 Å². The van der Waals surface area contributed by atoms with E-state index < -0.39 is 0 Å². The van der Waals surface area contributed by atoms with Crippen LogP contribution in [0.25, 0.3) is 5.57 Å². The van der Waals surface area contributed by atoms with Crippen molar-refractivity contribution in [3.63, 3.8) is 0 Å². The lowest BCUT2D eigenvalue weighted by Gasteiger charge is -2.07. The highest BCUT2D eigenvalue weighted by Crippen LogP contribution is 2.42. The third-order valence-corrected chi connectivity index (χ3v) is 3.80. The molecule has 0 bridgehead atoms. The predicted octanol–water partition coefficient (Wildman–Crippen LogP) is 3.78. The Morgan fingerprint density at radius 1 is 1.11 bits per heavy atom. The number of hydrogen-bond donors (Lipinski definition) is 0. The smallest absolute Gasteiger partial charge is 0.138 e. The molecule has 2 nitrogen and oxygen atoms in total. The molecule has 1 aromatic carbocycles. The second-order valence-electron chi connectivity index (χ2n) is 4.45. The van der Waals surface area contributed by atoms with Crippen molar-refractivity contribution in [3.8, 4) is 12.1 Å². The Hall–Kier alpha value is -2.23. The van der Waals surface area contributed by atoms with E-state index in [0.717, 1.165) is 32.7 Å². The Morgan fingerprint density at radius 3 is 2.11 bits per heavy atom. The number of hydrogen-bond acceptors (Lipinski definition) is 3. The Morgan fingerprint density at radius 2 is 1.63 bits per heavy atom. The minimum absolute atomic E-state index is 0.128. The van der Waals surface area contributed by atoms with Crippen LogP contribution in [0.5, 0.6) is 0 Å². The van der Waals surface area contributed by atoms with Crippen molar-refractivity contribution in [3.05, 3.63) is 51.6 Å². The van der Waals surface area contributed by atoms with Crippen LogP contribution in [0.4, 0.5) is 0 Å². The standard InChI is InChI=1S/C16H12N2S/c1-4-12-15(11(7-17)8-18)13-9(2)5-6-10(3)14(13)16(12)19/h4-6H,1-3H3/b12-4+. The van der Waals surface area contributed by atoms with Gasteiger partial charge in [0.1, 0.15) is 17.7 Å². The van der Waals surface area contributed by atoms with E-state index in [1.165, 1.54) is 0 Å². The molecule has 0 atom stereocenters. The minimum atomic E-state index is 0.128. The van der Waals surface area contributed by atoms with Gasteiger partial charge in [0.2, 0.25) is 0 Å². The molecule has 2 rings (SSSR count). The number of allylic oxidation sites excluding steroid dienone is 4. The molecule has 0 spiro atoms. The van der Waals surface area contributed by atoms with Crippen LogP contribution in [0, 0.1) is 36.5 Å². The van der Waals surface area contributed by atoms with Gasteiger partial charge in [0, 0.05) is 11.1 Å². The van der Waals surface area contributed by atoms with Crippen LogP contribution < -0.4 is 0 Å². The first kappa shape index (κ1) is 13.2. The molecule has 19 heavy (non-hydrogen) atoms. The minimum Gasteiger partial charge on any atom is -0.192 e. The first-order valence-corrected chi connectivity index (χ1v) is 6.34. The Bertz CT molecular complexity index is 721. The maximum absolute atomic E-state index is 9.17. The van der Waals surface area contributed by atoms with Crippen molar-refractivity contribution in [2.24, 2.45) is 0 Å². The number of benzene rings is 1. The van der Waals surface area contributed by atoms with Gasteiger partial charge < -0.3 is 0 Å². The highest BCUT2D eigenvalue weighted by atomic mass is 32.1. The summed E-state index contributed by atoms with van der Waals surface area (Å²) in [7, 11) is 0. The van der Waals surface area contributed by atoms with Gasteiger partial charge in [-0.25, -0.2) is 0 Å². The number of nitrogens with zero attached hydrogens (tertiary/aromatic N) is 2. The van der Waals surface area contributed by atoms with Crippen molar-refractivity contribution in [1.82, 2.24) is 0 Å². The van der Waals surface area contributed by atoms with E-state index in [4.69, 9.17) is 12.2 Å². The van der Waals surface area contributed by atoms with Crippen LogP contribution >= 0.6 is 12.2 Å². The van der Waals surface area contributed by atoms with Crippen LogP contribution in [0.2, 0.25) is 0 Å². The molecule has 92 valence electrons. The first-order valence-electron chi connectivity index (χ1n) is 5.93. The van der Waals surface area contributed by atoms with E-state index >= 15 is 0 Å². The number of thiocarbonyl (C=S) groups is 1. The molecule has 0 radical (unpaired) electrons. The van der Waals surface area contributed by atoms with E-state index in [9.17, 15) is 10.5 Å². The molecule has 0 fully saturated rings. The third kappa shape index (κ3) is 1.80. The Labute approximate surface area is 118 Å². The molecule has 0 unspecified atom stereocenters. The van der Waals surface area contributed by atoms with Gasteiger partial charge in [-0.05, 0) is 43.0 Å². The van der Waals surface area contributed by atoms with E-state index in [-0.39, 0.29) is 5.57 Å². The molecule has 0 saturated heterocycles. The summed E-state index contributed by atoms with van der Waals surface area (Å²) in [5, 5.41) is 18.3. The van der Waals surface area contributed by atoms with Gasteiger partial charge in [-0.3, -0.25) is 0 Å². The molecule has 0 N–H and O–H groups in total. The number of fused-ring (bicyclic) bond motifs is 1. The molecule has 1 aliphatic carbocycles. The van der Waals surface area contributed by atoms with Crippen molar-refractivity contribution >= 4 is 22.7 Å². The molecule has 1 aliphatic rings. The van der Waals surface area contributed by atoms with Crippen LogP contribution in [0.15, 0.2) is 29.4 Å². The monoisotopic (exact) mass is 264 g/mol. The van der Waals surface area contributed by atoms with E-state index in [0.29, 0.717) is 5.57 Å². The van der Waals surface area contributed by atoms with Crippen LogP contribution in [-0.2, 0) is 0 Å². The zero-order valence-corrected chi connectivity index (χ0v) is 11.9. The molecule has 3 heteroatoms. The maximum Gasteiger partial charge on any atom is 0.138 e. The van der Waals surface area contributed by atoms with Crippen LogP contribution in [-0.4, -0.2) is 4.86 Å². The maximum atomic E-state index is 9.17. The zero-order valence-electron chi connectivity index (χ0n) is 11.0. The number of rotatable bonds is 0.